The van der Waals surface area contributed by atoms with Gasteiger partial charge in [-0.3, -0.25) is 11.3 Å². The lowest BCUT2D eigenvalue weighted by atomic mass is 9.98. The average molecular weight is 406 g/mol. The Morgan fingerprint density at radius 1 is 1.10 bits per heavy atom. The summed E-state index contributed by atoms with van der Waals surface area (Å²) in [6.45, 7) is 0. The Morgan fingerprint density at radius 3 is 2.29 bits per heavy atom. The molecular formula is C15H14F3IN2. The van der Waals surface area contributed by atoms with Crippen LogP contribution < -0.4 is 11.3 Å². The summed E-state index contributed by atoms with van der Waals surface area (Å²) < 4.78 is 38.7. The number of nitrogens with two attached hydrogens (primary N) is 1. The monoisotopic (exact) mass is 406 g/mol. The van der Waals surface area contributed by atoms with Gasteiger partial charge in [-0.15, -0.1) is 0 Å². The van der Waals surface area contributed by atoms with Crippen molar-refractivity contribution in [2.75, 3.05) is 0 Å². The molecule has 0 aliphatic carbocycles. The van der Waals surface area contributed by atoms with Crippen LogP contribution in [0.3, 0.4) is 0 Å². The van der Waals surface area contributed by atoms with E-state index in [0.29, 0.717) is 6.42 Å². The quantitative estimate of drug-likeness (QED) is 0.457. The van der Waals surface area contributed by atoms with Gasteiger partial charge in [0, 0.05) is 3.57 Å². The summed E-state index contributed by atoms with van der Waals surface area (Å²) >= 11 is 2.21. The first-order valence-corrected chi connectivity index (χ1v) is 7.36. The molecule has 0 heterocycles. The Bertz CT molecular complexity index is 597. The third-order valence-electron chi connectivity index (χ3n) is 3.17. The second-order valence-corrected chi connectivity index (χ2v) is 5.92. The van der Waals surface area contributed by atoms with E-state index < -0.39 is 11.7 Å². The predicted octanol–water partition coefficient (Wildman–Crippen LogP) is 4.06. The fourth-order valence-electron chi connectivity index (χ4n) is 2.06. The SMILES string of the molecule is NNC(Cc1ccc(C(F)(F)F)cc1)c1cccc(I)c1. The van der Waals surface area contributed by atoms with Crippen LogP contribution in [0.2, 0.25) is 0 Å². The fourth-order valence-corrected chi connectivity index (χ4v) is 2.63. The highest BCUT2D eigenvalue weighted by Gasteiger charge is 2.30. The molecule has 2 aromatic carbocycles. The third kappa shape index (κ3) is 4.42. The minimum absolute atomic E-state index is 0.142. The zero-order valence-electron chi connectivity index (χ0n) is 11.0. The standard InChI is InChI=1S/C15H14F3IN2/c16-15(17,18)12-6-4-10(5-7-12)8-14(21-20)11-2-1-3-13(19)9-11/h1-7,9,14,21H,8,20H2. The van der Waals surface area contributed by atoms with E-state index in [9.17, 15) is 13.2 Å². The molecule has 1 atom stereocenters. The molecule has 0 bridgehead atoms. The fraction of sp³-hybridized carbons (Fsp3) is 0.200. The van der Waals surface area contributed by atoms with Gasteiger partial charge in [-0.1, -0.05) is 24.3 Å². The van der Waals surface area contributed by atoms with Gasteiger partial charge in [0.1, 0.15) is 0 Å². The van der Waals surface area contributed by atoms with Gasteiger partial charge in [0.25, 0.3) is 0 Å². The third-order valence-corrected chi connectivity index (χ3v) is 3.84. The molecule has 0 aliphatic rings. The van der Waals surface area contributed by atoms with Gasteiger partial charge in [0.2, 0.25) is 0 Å². The minimum Gasteiger partial charge on any atom is -0.271 e. The molecule has 3 N–H and O–H groups in total. The highest BCUT2D eigenvalue weighted by Crippen LogP contribution is 2.29. The number of alkyl halides is 3. The summed E-state index contributed by atoms with van der Waals surface area (Å²) in [6.07, 6.45) is -3.78. The lowest BCUT2D eigenvalue weighted by Gasteiger charge is -2.17. The molecule has 21 heavy (non-hydrogen) atoms. The zero-order chi connectivity index (χ0) is 15.5. The lowest BCUT2D eigenvalue weighted by molar-refractivity contribution is -0.137. The first-order chi connectivity index (χ1) is 9.90. The van der Waals surface area contributed by atoms with E-state index in [2.05, 4.69) is 28.0 Å². The molecule has 0 aliphatic heterocycles. The van der Waals surface area contributed by atoms with Crippen molar-refractivity contribution in [1.29, 1.82) is 0 Å². The highest BCUT2D eigenvalue weighted by atomic mass is 127. The Kier molecular flexibility index (Phi) is 5.23. The number of hydrogen-bond donors (Lipinski definition) is 2. The van der Waals surface area contributed by atoms with E-state index in [1.54, 1.807) is 0 Å². The Morgan fingerprint density at radius 2 is 1.76 bits per heavy atom. The molecule has 2 nitrogen and oxygen atoms in total. The van der Waals surface area contributed by atoms with Crippen LogP contribution in [-0.2, 0) is 12.6 Å². The summed E-state index contributed by atoms with van der Waals surface area (Å²) in [4.78, 5) is 0. The maximum absolute atomic E-state index is 12.5. The van der Waals surface area contributed by atoms with Crippen LogP contribution in [0.5, 0.6) is 0 Å². The van der Waals surface area contributed by atoms with Gasteiger partial charge in [-0.05, 0) is 64.4 Å². The van der Waals surface area contributed by atoms with Crippen molar-refractivity contribution >= 4 is 22.6 Å². The molecule has 2 rings (SSSR count). The summed E-state index contributed by atoms with van der Waals surface area (Å²) in [5.41, 5.74) is 3.87. The zero-order valence-corrected chi connectivity index (χ0v) is 13.1. The number of benzene rings is 2. The van der Waals surface area contributed by atoms with E-state index in [4.69, 9.17) is 5.84 Å². The Balaban J connectivity index is 2.15. The van der Waals surface area contributed by atoms with Crippen molar-refractivity contribution in [2.45, 2.75) is 18.6 Å². The number of nitrogens with one attached hydrogen (secondary N) is 1. The summed E-state index contributed by atoms with van der Waals surface area (Å²) in [5, 5.41) is 0. The van der Waals surface area contributed by atoms with Crippen molar-refractivity contribution in [1.82, 2.24) is 5.43 Å². The first-order valence-electron chi connectivity index (χ1n) is 6.28. The average Bonchev–Trinajstić information content (AvgIpc) is 2.44. The van der Waals surface area contributed by atoms with Crippen LogP contribution in [0.4, 0.5) is 13.2 Å². The Hall–Kier alpha value is -1.12. The summed E-state index contributed by atoms with van der Waals surface area (Å²) in [5.74, 6) is 5.57. The highest BCUT2D eigenvalue weighted by molar-refractivity contribution is 14.1. The smallest absolute Gasteiger partial charge is 0.271 e. The van der Waals surface area contributed by atoms with Crippen LogP contribution in [0.1, 0.15) is 22.7 Å². The number of hydrazine groups is 1. The van der Waals surface area contributed by atoms with Crippen molar-refractivity contribution in [2.24, 2.45) is 5.84 Å². The van der Waals surface area contributed by atoms with Crippen molar-refractivity contribution in [3.8, 4) is 0 Å². The van der Waals surface area contributed by atoms with Gasteiger partial charge in [-0.2, -0.15) is 13.2 Å². The number of rotatable bonds is 4. The molecule has 0 aromatic heterocycles. The van der Waals surface area contributed by atoms with Gasteiger partial charge >= 0.3 is 6.18 Å². The molecule has 1 unspecified atom stereocenters. The second kappa shape index (κ2) is 6.76. The largest absolute Gasteiger partial charge is 0.416 e. The van der Waals surface area contributed by atoms with E-state index >= 15 is 0 Å². The van der Waals surface area contributed by atoms with Crippen molar-refractivity contribution < 1.29 is 13.2 Å². The molecule has 0 spiro atoms. The molecule has 0 fully saturated rings. The van der Waals surface area contributed by atoms with Crippen LogP contribution >= 0.6 is 22.6 Å². The second-order valence-electron chi connectivity index (χ2n) is 4.67. The normalized spacial score (nSPS) is 13.2. The Labute approximate surface area is 134 Å². The van der Waals surface area contributed by atoms with Gasteiger partial charge < -0.3 is 0 Å². The van der Waals surface area contributed by atoms with Crippen LogP contribution in [-0.4, -0.2) is 0 Å². The van der Waals surface area contributed by atoms with Crippen LogP contribution in [0.15, 0.2) is 48.5 Å². The maximum Gasteiger partial charge on any atom is 0.416 e. The first kappa shape index (κ1) is 16.3. The molecule has 0 saturated carbocycles. The van der Waals surface area contributed by atoms with Gasteiger partial charge in [0.05, 0.1) is 11.6 Å². The van der Waals surface area contributed by atoms with Crippen LogP contribution in [0.25, 0.3) is 0 Å². The molecule has 0 radical (unpaired) electrons. The summed E-state index contributed by atoms with van der Waals surface area (Å²) in [7, 11) is 0. The topological polar surface area (TPSA) is 38.0 Å². The lowest BCUT2D eigenvalue weighted by Crippen LogP contribution is -2.29. The molecule has 6 heteroatoms. The van der Waals surface area contributed by atoms with Gasteiger partial charge in [-0.25, -0.2) is 0 Å². The minimum atomic E-state index is -4.31. The molecule has 0 amide bonds. The summed E-state index contributed by atoms with van der Waals surface area (Å²) in [6, 6.07) is 12.9. The van der Waals surface area contributed by atoms with Crippen LogP contribution in [0, 0.1) is 3.57 Å². The van der Waals surface area contributed by atoms with E-state index in [0.717, 1.165) is 26.8 Å². The van der Waals surface area contributed by atoms with E-state index in [1.165, 1.54) is 12.1 Å². The molecule has 112 valence electrons. The number of halogens is 4. The van der Waals surface area contributed by atoms with Crippen molar-refractivity contribution in [3.63, 3.8) is 0 Å². The van der Waals surface area contributed by atoms with E-state index in [-0.39, 0.29) is 6.04 Å². The number of hydrogen-bond acceptors (Lipinski definition) is 2. The molecular weight excluding hydrogens is 392 g/mol. The van der Waals surface area contributed by atoms with Gasteiger partial charge in [0.15, 0.2) is 0 Å². The van der Waals surface area contributed by atoms with E-state index in [1.807, 2.05) is 24.3 Å². The molecule has 0 saturated heterocycles. The maximum atomic E-state index is 12.5. The van der Waals surface area contributed by atoms with Crippen molar-refractivity contribution in [3.05, 3.63) is 68.8 Å². The predicted molar refractivity (Wildman–Crippen MR) is 84.4 cm³/mol. The molecule has 2 aromatic rings.